The molecule has 126 valence electrons. The maximum absolute atomic E-state index is 11.8. The topological polar surface area (TPSA) is 98.5 Å². The number of primary sulfonamides is 1. The second kappa shape index (κ2) is 7.76. The van der Waals surface area contributed by atoms with Crippen molar-refractivity contribution in [3.05, 3.63) is 65.7 Å². The Balaban J connectivity index is 1.92. The Kier molecular flexibility index (Phi) is 5.73. The van der Waals surface area contributed by atoms with Crippen LogP contribution in [0, 0.1) is 0 Å². The van der Waals surface area contributed by atoms with Gasteiger partial charge in [-0.25, -0.2) is 13.6 Å². The highest BCUT2D eigenvalue weighted by molar-refractivity contribution is 7.89. The molecule has 0 heterocycles. The van der Waals surface area contributed by atoms with Crippen LogP contribution in [-0.4, -0.2) is 21.4 Å². The van der Waals surface area contributed by atoms with Crippen molar-refractivity contribution >= 4 is 22.0 Å². The van der Waals surface area contributed by atoms with Crippen LogP contribution >= 0.6 is 0 Å². The summed E-state index contributed by atoms with van der Waals surface area (Å²) >= 11 is 0. The van der Waals surface area contributed by atoms with Crippen molar-refractivity contribution in [2.75, 3.05) is 7.11 Å². The van der Waals surface area contributed by atoms with E-state index >= 15 is 0 Å². The highest BCUT2D eigenvalue weighted by Gasteiger charge is 2.06. The molecule has 2 aromatic rings. The second-order valence-corrected chi connectivity index (χ2v) is 6.58. The van der Waals surface area contributed by atoms with Crippen molar-refractivity contribution in [1.29, 1.82) is 0 Å². The molecule has 0 unspecified atom stereocenters. The fourth-order valence-corrected chi connectivity index (χ4v) is 2.48. The SMILES string of the molecule is COc1cccc(C=CC(=O)NCc2ccc(S(N)(=O)=O)cc2)c1. The maximum atomic E-state index is 11.8. The number of ether oxygens (including phenoxy) is 1. The van der Waals surface area contributed by atoms with Crippen LogP contribution in [0.15, 0.2) is 59.5 Å². The van der Waals surface area contributed by atoms with Gasteiger partial charge in [0, 0.05) is 12.6 Å². The lowest BCUT2D eigenvalue weighted by atomic mass is 10.2. The molecule has 0 spiro atoms. The summed E-state index contributed by atoms with van der Waals surface area (Å²) in [5, 5.41) is 7.75. The zero-order chi connectivity index (χ0) is 17.6. The molecule has 0 aromatic heterocycles. The van der Waals surface area contributed by atoms with Gasteiger partial charge in [0.15, 0.2) is 0 Å². The summed E-state index contributed by atoms with van der Waals surface area (Å²) in [6.45, 7) is 0.284. The third-order valence-corrected chi connectivity index (χ3v) is 4.17. The summed E-state index contributed by atoms with van der Waals surface area (Å²) in [6.07, 6.45) is 3.11. The number of hydrogen-bond acceptors (Lipinski definition) is 4. The van der Waals surface area contributed by atoms with E-state index in [1.807, 2.05) is 24.3 Å². The maximum Gasteiger partial charge on any atom is 0.244 e. The van der Waals surface area contributed by atoms with Gasteiger partial charge in [-0.05, 0) is 41.5 Å². The first-order valence-corrected chi connectivity index (χ1v) is 8.65. The van der Waals surface area contributed by atoms with Crippen molar-refractivity contribution in [3.63, 3.8) is 0 Å². The van der Waals surface area contributed by atoms with Crippen molar-refractivity contribution < 1.29 is 17.9 Å². The van der Waals surface area contributed by atoms with E-state index in [9.17, 15) is 13.2 Å². The molecular formula is C17H18N2O4S. The minimum Gasteiger partial charge on any atom is -0.497 e. The van der Waals surface area contributed by atoms with Crippen molar-refractivity contribution in [2.24, 2.45) is 5.14 Å². The van der Waals surface area contributed by atoms with Gasteiger partial charge in [-0.3, -0.25) is 4.79 Å². The fourth-order valence-electron chi connectivity index (χ4n) is 1.96. The van der Waals surface area contributed by atoms with Gasteiger partial charge in [-0.1, -0.05) is 24.3 Å². The summed E-state index contributed by atoms with van der Waals surface area (Å²) in [5.41, 5.74) is 1.62. The first-order valence-electron chi connectivity index (χ1n) is 7.10. The molecule has 0 atom stereocenters. The number of carbonyl (C=O) groups excluding carboxylic acids is 1. The first-order chi connectivity index (χ1) is 11.4. The van der Waals surface area contributed by atoms with Crippen LogP contribution in [-0.2, 0) is 21.4 Å². The smallest absolute Gasteiger partial charge is 0.244 e. The Morgan fingerprint density at radius 2 is 1.92 bits per heavy atom. The van der Waals surface area contributed by atoms with E-state index < -0.39 is 10.0 Å². The largest absolute Gasteiger partial charge is 0.497 e. The van der Waals surface area contributed by atoms with Gasteiger partial charge in [0.1, 0.15) is 5.75 Å². The zero-order valence-electron chi connectivity index (χ0n) is 13.1. The normalized spacial score (nSPS) is 11.4. The minimum atomic E-state index is -3.70. The van der Waals surface area contributed by atoms with Crippen LogP contribution in [0.25, 0.3) is 6.08 Å². The third kappa shape index (κ3) is 5.22. The lowest BCUT2D eigenvalue weighted by Gasteiger charge is -2.04. The number of methoxy groups -OCH3 is 1. The Hall–Kier alpha value is -2.64. The van der Waals surface area contributed by atoms with E-state index in [-0.39, 0.29) is 17.3 Å². The van der Waals surface area contributed by atoms with Crippen LogP contribution in [0.4, 0.5) is 0 Å². The van der Waals surface area contributed by atoms with E-state index in [2.05, 4.69) is 5.32 Å². The lowest BCUT2D eigenvalue weighted by molar-refractivity contribution is -0.116. The van der Waals surface area contributed by atoms with E-state index in [1.54, 1.807) is 25.3 Å². The number of carbonyl (C=O) groups is 1. The number of nitrogens with two attached hydrogens (primary N) is 1. The summed E-state index contributed by atoms with van der Waals surface area (Å²) in [4.78, 5) is 11.9. The Morgan fingerprint density at radius 1 is 1.21 bits per heavy atom. The molecule has 0 aliphatic rings. The van der Waals surface area contributed by atoms with Crippen molar-refractivity contribution in [2.45, 2.75) is 11.4 Å². The standard InChI is InChI=1S/C17H18N2O4S/c1-23-15-4-2-3-13(11-15)7-10-17(20)19-12-14-5-8-16(9-6-14)24(18,21)22/h2-11H,12H2,1H3,(H,19,20)(H2,18,21,22). The Labute approximate surface area is 141 Å². The molecule has 0 aliphatic carbocycles. The van der Waals surface area contributed by atoms with Crippen LogP contribution in [0.5, 0.6) is 5.75 Å². The highest BCUT2D eigenvalue weighted by atomic mass is 32.2. The number of benzene rings is 2. The third-order valence-electron chi connectivity index (χ3n) is 3.24. The number of amides is 1. The summed E-state index contributed by atoms with van der Waals surface area (Å²) in [5.74, 6) is 0.459. The second-order valence-electron chi connectivity index (χ2n) is 5.02. The highest BCUT2D eigenvalue weighted by Crippen LogP contribution is 2.13. The fraction of sp³-hybridized carbons (Fsp3) is 0.118. The average molecular weight is 346 g/mol. The quantitative estimate of drug-likeness (QED) is 0.777. The van der Waals surface area contributed by atoms with Gasteiger partial charge in [-0.15, -0.1) is 0 Å². The molecule has 24 heavy (non-hydrogen) atoms. The molecule has 1 amide bonds. The number of sulfonamides is 1. The van der Waals surface area contributed by atoms with Gasteiger partial charge in [0.05, 0.1) is 12.0 Å². The molecule has 0 saturated carbocycles. The van der Waals surface area contributed by atoms with Gasteiger partial charge in [-0.2, -0.15) is 0 Å². The molecule has 6 nitrogen and oxygen atoms in total. The molecule has 0 aliphatic heterocycles. The van der Waals surface area contributed by atoms with E-state index in [0.29, 0.717) is 5.75 Å². The summed E-state index contributed by atoms with van der Waals surface area (Å²) in [7, 11) is -2.12. The summed E-state index contributed by atoms with van der Waals surface area (Å²) < 4.78 is 27.4. The molecule has 0 radical (unpaired) electrons. The number of rotatable bonds is 6. The molecule has 2 rings (SSSR count). The van der Waals surface area contributed by atoms with Gasteiger partial charge >= 0.3 is 0 Å². The van der Waals surface area contributed by atoms with E-state index in [1.165, 1.54) is 18.2 Å². The van der Waals surface area contributed by atoms with Gasteiger partial charge in [0.2, 0.25) is 15.9 Å². The molecule has 7 heteroatoms. The lowest BCUT2D eigenvalue weighted by Crippen LogP contribution is -2.20. The first kappa shape index (κ1) is 17.7. The monoisotopic (exact) mass is 346 g/mol. The van der Waals surface area contributed by atoms with Crippen molar-refractivity contribution in [3.8, 4) is 5.75 Å². The molecule has 2 aromatic carbocycles. The van der Waals surface area contributed by atoms with E-state index in [0.717, 1.165) is 11.1 Å². The zero-order valence-corrected chi connectivity index (χ0v) is 13.9. The summed E-state index contributed by atoms with van der Waals surface area (Å²) in [6, 6.07) is 13.4. The molecule has 0 saturated heterocycles. The molecular weight excluding hydrogens is 328 g/mol. The molecule has 0 fully saturated rings. The Bertz CT molecular complexity index is 843. The van der Waals surface area contributed by atoms with Gasteiger partial charge in [0.25, 0.3) is 0 Å². The minimum absolute atomic E-state index is 0.0375. The number of hydrogen-bond donors (Lipinski definition) is 2. The predicted molar refractivity (Wildman–Crippen MR) is 91.7 cm³/mol. The number of nitrogens with one attached hydrogen (secondary N) is 1. The molecule has 3 N–H and O–H groups in total. The van der Waals surface area contributed by atoms with Crippen LogP contribution < -0.4 is 15.2 Å². The average Bonchev–Trinajstić information content (AvgIpc) is 2.58. The Morgan fingerprint density at radius 3 is 2.54 bits per heavy atom. The van der Waals surface area contributed by atoms with Gasteiger partial charge < -0.3 is 10.1 Å². The van der Waals surface area contributed by atoms with Crippen LogP contribution in [0.2, 0.25) is 0 Å². The molecule has 0 bridgehead atoms. The van der Waals surface area contributed by atoms with Crippen LogP contribution in [0.3, 0.4) is 0 Å². The van der Waals surface area contributed by atoms with E-state index in [4.69, 9.17) is 9.88 Å². The predicted octanol–water partition coefficient (Wildman–Crippen LogP) is 1.67. The van der Waals surface area contributed by atoms with Crippen molar-refractivity contribution in [1.82, 2.24) is 5.32 Å². The van der Waals surface area contributed by atoms with Crippen LogP contribution in [0.1, 0.15) is 11.1 Å².